The highest BCUT2D eigenvalue weighted by atomic mass is 31.2. The molecule has 0 saturated carbocycles. The summed E-state index contributed by atoms with van der Waals surface area (Å²) in [6, 6.07) is 0. The highest BCUT2D eigenvalue weighted by Crippen LogP contribution is 2.45. The zero-order valence-corrected chi connectivity index (χ0v) is 71.7. The zero-order valence-electron chi connectivity index (χ0n) is 69.9. The van der Waals surface area contributed by atoms with E-state index in [9.17, 15) is 43.2 Å². The van der Waals surface area contributed by atoms with Crippen LogP contribution in [-0.4, -0.2) is 96.7 Å². The van der Waals surface area contributed by atoms with Crippen LogP contribution in [0.4, 0.5) is 0 Å². The molecule has 0 amide bonds. The minimum atomic E-state index is -4.97. The number of aliphatic hydroxyl groups excluding tert-OH is 1. The third-order valence-corrected chi connectivity index (χ3v) is 22.6. The molecule has 0 radical (unpaired) electrons. The topological polar surface area (TPSA) is 237 Å². The highest BCUT2D eigenvalue weighted by Gasteiger charge is 2.31. The van der Waals surface area contributed by atoms with Crippen LogP contribution in [0.25, 0.3) is 0 Å². The van der Waals surface area contributed by atoms with E-state index in [1.54, 1.807) is 0 Å². The van der Waals surface area contributed by atoms with Gasteiger partial charge in [-0.25, -0.2) is 9.13 Å². The van der Waals surface area contributed by atoms with Crippen molar-refractivity contribution >= 4 is 39.5 Å². The zero-order chi connectivity index (χ0) is 77.9. The molecular weight excluding hydrogens is 1380 g/mol. The van der Waals surface area contributed by atoms with E-state index >= 15 is 0 Å². The molecule has 0 aromatic carbocycles. The monoisotopic (exact) mass is 1550 g/mol. The highest BCUT2D eigenvalue weighted by molar-refractivity contribution is 7.47. The number of carbonyl (C=O) groups excluding carboxylic acids is 4. The van der Waals surface area contributed by atoms with Crippen molar-refractivity contribution in [3.05, 3.63) is 0 Å². The van der Waals surface area contributed by atoms with Gasteiger partial charge in [0.25, 0.3) is 0 Å². The van der Waals surface area contributed by atoms with Gasteiger partial charge in [-0.05, 0) is 43.4 Å². The second-order valence-electron chi connectivity index (χ2n) is 32.5. The molecule has 630 valence electrons. The summed E-state index contributed by atoms with van der Waals surface area (Å²) in [5.41, 5.74) is 0. The van der Waals surface area contributed by atoms with Crippen molar-refractivity contribution in [3.63, 3.8) is 0 Å². The Labute approximate surface area is 651 Å². The number of phosphoric ester groups is 2. The van der Waals surface area contributed by atoms with Crippen molar-refractivity contribution in [2.24, 2.45) is 17.8 Å². The summed E-state index contributed by atoms with van der Waals surface area (Å²) in [5.74, 6) is 0.295. The second kappa shape index (κ2) is 77.0. The Kier molecular flexibility index (Phi) is 75.6. The molecule has 3 N–H and O–H groups in total. The van der Waals surface area contributed by atoms with E-state index in [0.29, 0.717) is 25.7 Å². The largest absolute Gasteiger partial charge is 0.472 e. The third-order valence-electron chi connectivity index (χ3n) is 20.7. The average molecular weight is 1550 g/mol. The molecule has 0 saturated heterocycles. The molecule has 6 atom stereocenters. The summed E-state index contributed by atoms with van der Waals surface area (Å²) < 4.78 is 69.0. The Morgan fingerprint density at radius 3 is 0.717 bits per heavy atom. The van der Waals surface area contributed by atoms with Gasteiger partial charge in [0.2, 0.25) is 0 Å². The fourth-order valence-electron chi connectivity index (χ4n) is 13.5. The number of phosphoric acid groups is 2. The Morgan fingerprint density at radius 1 is 0.274 bits per heavy atom. The number of ether oxygens (including phenoxy) is 4. The molecule has 0 aliphatic carbocycles. The molecule has 3 unspecified atom stereocenters. The Hall–Kier alpha value is -1.94. The SMILES string of the molecule is CCCCCCCCCCCCCCCCCCC(=O)O[C@H](COC(=O)CCCCCCCCCCC(C)CC)COP(=O)(O)OC[C@H](O)COP(=O)(O)OC[C@@H](COC(=O)CCCCCCCCCCCCCCCCC(C)C)OC(=O)CCCCCCCCCCCCCCCCCCCCC(C)C. The van der Waals surface area contributed by atoms with Crippen LogP contribution in [0, 0.1) is 17.8 Å². The van der Waals surface area contributed by atoms with Gasteiger partial charge in [0.05, 0.1) is 26.4 Å². The van der Waals surface area contributed by atoms with Crippen molar-refractivity contribution in [3.8, 4) is 0 Å². The number of rotatable bonds is 85. The van der Waals surface area contributed by atoms with E-state index in [1.807, 2.05) is 0 Å². The molecule has 0 aliphatic heterocycles. The predicted molar refractivity (Wildman–Crippen MR) is 437 cm³/mol. The van der Waals surface area contributed by atoms with Crippen LogP contribution in [0.2, 0.25) is 0 Å². The summed E-state index contributed by atoms with van der Waals surface area (Å²) in [6.45, 7) is 12.1. The number of carbonyl (C=O) groups is 4. The second-order valence-corrected chi connectivity index (χ2v) is 35.4. The van der Waals surface area contributed by atoms with Crippen molar-refractivity contribution in [2.75, 3.05) is 39.6 Å². The Morgan fingerprint density at radius 2 is 0.481 bits per heavy atom. The van der Waals surface area contributed by atoms with E-state index in [-0.39, 0.29) is 25.7 Å². The molecule has 0 aliphatic rings. The summed E-state index contributed by atoms with van der Waals surface area (Å²) in [5, 5.41) is 10.7. The van der Waals surface area contributed by atoms with Gasteiger partial charge in [-0.3, -0.25) is 37.3 Å². The van der Waals surface area contributed by atoms with E-state index in [4.69, 9.17) is 37.0 Å². The van der Waals surface area contributed by atoms with Crippen molar-refractivity contribution in [2.45, 2.75) is 478 Å². The van der Waals surface area contributed by atoms with Crippen molar-refractivity contribution in [1.82, 2.24) is 0 Å². The lowest BCUT2D eigenvalue weighted by Gasteiger charge is -2.21. The number of esters is 4. The van der Waals surface area contributed by atoms with E-state index in [0.717, 1.165) is 108 Å². The van der Waals surface area contributed by atoms with Gasteiger partial charge in [-0.1, -0.05) is 408 Å². The number of unbranched alkanes of at least 4 members (excludes halogenated alkanes) is 52. The molecule has 19 heteroatoms. The lowest BCUT2D eigenvalue weighted by molar-refractivity contribution is -0.161. The van der Waals surface area contributed by atoms with Crippen LogP contribution in [-0.2, 0) is 65.4 Å². The molecule has 0 bridgehead atoms. The molecule has 0 spiro atoms. The molecular formula is C87H170O17P2. The predicted octanol–water partition coefficient (Wildman–Crippen LogP) is 26.5. The first kappa shape index (κ1) is 104. The molecule has 0 aromatic heterocycles. The maximum Gasteiger partial charge on any atom is 0.472 e. The lowest BCUT2D eigenvalue weighted by atomic mass is 9.99. The van der Waals surface area contributed by atoms with Crippen LogP contribution in [0.1, 0.15) is 459 Å². The average Bonchev–Trinajstić information content (AvgIpc) is 0.921. The van der Waals surface area contributed by atoms with E-state index in [1.165, 1.54) is 270 Å². The Balaban J connectivity index is 5.26. The molecule has 0 fully saturated rings. The van der Waals surface area contributed by atoms with Gasteiger partial charge in [-0.15, -0.1) is 0 Å². The normalized spacial score (nSPS) is 14.1. The molecule has 17 nitrogen and oxygen atoms in total. The van der Waals surface area contributed by atoms with Gasteiger partial charge in [-0.2, -0.15) is 0 Å². The third kappa shape index (κ3) is 78.7. The standard InChI is InChI=1S/C87H170O17P2/c1-8-10-11-12-13-14-15-16-17-23-30-35-40-49-56-63-70-87(92)104-83(75-98-85(90)69-62-55-48-43-42-46-53-60-67-80(7)9-2)77-102-106(95,96)100-73-81(88)72-99-105(93,94)101-76-82(74-97-84(89)68-61-54-47-39-34-29-26-25-28-33-38-45-52-59-66-79(5)6)103-86(91)71-64-57-50-41-36-31-24-21-19-18-20-22-27-32-37-44-51-58-65-78(3)4/h78-83,88H,8-77H2,1-7H3,(H,93,94)(H,95,96)/t80?,81-,82-,83-/m1/s1. The smallest absolute Gasteiger partial charge is 0.462 e. The Bertz CT molecular complexity index is 2050. The summed E-state index contributed by atoms with van der Waals surface area (Å²) in [7, 11) is -9.93. The number of hydrogen-bond donors (Lipinski definition) is 3. The van der Waals surface area contributed by atoms with Gasteiger partial charge in [0.15, 0.2) is 12.2 Å². The first-order valence-corrected chi connectivity index (χ1v) is 47.9. The first-order valence-electron chi connectivity index (χ1n) is 44.9. The fraction of sp³-hybridized carbons (Fsp3) is 0.954. The summed E-state index contributed by atoms with van der Waals surface area (Å²) in [4.78, 5) is 73.3. The lowest BCUT2D eigenvalue weighted by Crippen LogP contribution is -2.30. The van der Waals surface area contributed by atoms with Crippen LogP contribution < -0.4 is 0 Å². The van der Waals surface area contributed by atoms with Crippen molar-refractivity contribution in [1.29, 1.82) is 0 Å². The summed E-state index contributed by atoms with van der Waals surface area (Å²) in [6.07, 6.45) is 67.9. The maximum atomic E-state index is 13.2. The quantitative estimate of drug-likeness (QED) is 0.0222. The fourth-order valence-corrected chi connectivity index (χ4v) is 15.1. The number of aliphatic hydroxyl groups is 1. The van der Waals surface area contributed by atoms with Crippen LogP contribution in [0.3, 0.4) is 0 Å². The van der Waals surface area contributed by atoms with Crippen LogP contribution in [0.5, 0.6) is 0 Å². The first-order chi connectivity index (χ1) is 51.3. The molecule has 0 aromatic rings. The minimum Gasteiger partial charge on any atom is -0.462 e. The van der Waals surface area contributed by atoms with Crippen molar-refractivity contribution < 1.29 is 80.2 Å². The summed E-state index contributed by atoms with van der Waals surface area (Å²) >= 11 is 0. The van der Waals surface area contributed by atoms with E-state index < -0.39 is 97.5 Å². The maximum absolute atomic E-state index is 13.2. The van der Waals surface area contributed by atoms with Gasteiger partial charge >= 0.3 is 39.5 Å². The molecule has 0 heterocycles. The van der Waals surface area contributed by atoms with E-state index in [2.05, 4.69) is 48.5 Å². The van der Waals surface area contributed by atoms with Gasteiger partial charge < -0.3 is 33.8 Å². The van der Waals surface area contributed by atoms with Crippen LogP contribution in [0.15, 0.2) is 0 Å². The number of hydrogen-bond acceptors (Lipinski definition) is 15. The minimum absolute atomic E-state index is 0.108. The van der Waals surface area contributed by atoms with Crippen LogP contribution >= 0.6 is 15.6 Å². The molecule has 0 rings (SSSR count). The van der Waals surface area contributed by atoms with Gasteiger partial charge in [0.1, 0.15) is 19.3 Å². The molecule has 106 heavy (non-hydrogen) atoms. The van der Waals surface area contributed by atoms with Gasteiger partial charge in [0, 0.05) is 25.7 Å².